The van der Waals surface area contributed by atoms with E-state index in [2.05, 4.69) is 26.8 Å². The molecule has 0 atom stereocenters. The van der Waals surface area contributed by atoms with E-state index in [9.17, 15) is 0 Å². The molecule has 0 heterocycles. The molecule has 0 aromatic rings. The van der Waals surface area contributed by atoms with E-state index in [0.29, 0.717) is 5.41 Å². The Balaban J connectivity index is 2.61. The molecule has 0 unspecified atom stereocenters. The number of rotatable bonds is 0. The lowest BCUT2D eigenvalue weighted by Crippen LogP contribution is -1.78. The van der Waals surface area contributed by atoms with Crippen molar-refractivity contribution in [2.45, 2.75) is 27.2 Å². The highest BCUT2D eigenvalue weighted by Crippen LogP contribution is 2.50. The fourth-order valence-corrected chi connectivity index (χ4v) is 0.925. The molecule has 1 saturated carbocycles. The van der Waals surface area contributed by atoms with E-state index >= 15 is 0 Å². The second kappa shape index (κ2) is 1.12. The van der Waals surface area contributed by atoms with Gasteiger partial charge in [-0.1, -0.05) is 25.5 Å². The third-order valence-electron chi connectivity index (χ3n) is 1.73. The Hall–Kier alpha value is -0.260. The summed E-state index contributed by atoms with van der Waals surface area (Å²) in [5.41, 5.74) is 2.20. The molecule has 1 aliphatic rings. The Bertz CT molecular complexity index is 107. The second-order valence-electron chi connectivity index (χ2n) is 2.87. The third kappa shape index (κ3) is 0.696. The van der Waals surface area contributed by atoms with Crippen molar-refractivity contribution in [2.24, 2.45) is 5.41 Å². The van der Waals surface area contributed by atoms with Gasteiger partial charge in [-0.15, -0.1) is 0 Å². The molecule has 0 nitrogen and oxygen atoms in total. The van der Waals surface area contributed by atoms with Crippen LogP contribution in [-0.2, 0) is 0 Å². The molecule has 0 amide bonds. The SMILES string of the molecule is CC=C1CC1(C)C. The molecular formula is C7H12. The van der Waals surface area contributed by atoms with Crippen LogP contribution >= 0.6 is 0 Å². The summed E-state index contributed by atoms with van der Waals surface area (Å²) in [7, 11) is 0. The summed E-state index contributed by atoms with van der Waals surface area (Å²) in [6.45, 7) is 6.68. The lowest BCUT2D eigenvalue weighted by Gasteiger charge is -1.88. The zero-order valence-electron chi connectivity index (χ0n) is 5.28. The molecule has 40 valence electrons. The summed E-state index contributed by atoms with van der Waals surface area (Å²) < 4.78 is 0. The van der Waals surface area contributed by atoms with Crippen LogP contribution in [0.1, 0.15) is 27.2 Å². The first kappa shape index (κ1) is 4.89. The Labute approximate surface area is 45.2 Å². The molecule has 0 N–H and O–H groups in total. The lowest BCUT2D eigenvalue weighted by molar-refractivity contribution is 0.686. The summed E-state index contributed by atoms with van der Waals surface area (Å²) in [6.07, 6.45) is 3.55. The predicted octanol–water partition coefficient (Wildman–Crippen LogP) is 2.36. The lowest BCUT2D eigenvalue weighted by atomic mass is 10.2. The maximum Gasteiger partial charge on any atom is -0.0107 e. The van der Waals surface area contributed by atoms with Crippen molar-refractivity contribution in [1.29, 1.82) is 0 Å². The highest BCUT2D eigenvalue weighted by molar-refractivity contribution is 5.28. The van der Waals surface area contributed by atoms with Gasteiger partial charge < -0.3 is 0 Å². The topological polar surface area (TPSA) is 0 Å². The van der Waals surface area contributed by atoms with Crippen molar-refractivity contribution in [3.05, 3.63) is 11.6 Å². The zero-order chi connectivity index (χ0) is 5.49. The minimum absolute atomic E-state index is 0.578. The maximum atomic E-state index is 2.28. The zero-order valence-corrected chi connectivity index (χ0v) is 5.28. The van der Waals surface area contributed by atoms with Crippen LogP contribution in [-0.4, -0.2) is 0 Å². The van der Waals surface area contributed by atoms with Crippen LogP contribution in [0.4, 0.5) is 0 Å². The van der Waals surface area contributed by atoms with E-state index < -0.39 is 0 Å². The second-order valence-corrected chi connectivity index (χ2v) is 2.87. The minimum atomic E-state index is 0.578. The fourth-order valence-electron chi connectivity index (χ4n) is 0.925. The van der Waals surface area contributed by atoms with E-state index in [-0.39, 0.29) is 0 Å². The summed E-state index contributed by atoms with van der Waals surface area (Å²) in [5, 5.41) is 0. The van der Waals surface area contributed by atoms with Crippen molar-refractivity contribution in [1.82, 2.24) is 0 Å². The van der Waals surface area contributed by atoms with Gasteiger partial charge in [0, 0.05) is 0 Å². The minimum Gasteiger partial charge on any atom is -0.0879 e. The largest absolute Gasteiger partial charge is 0.0879 e. The van der Waals surface area contributed by atoms with Crippen molar-refractivity contribution >= 4 is 0 Å². The van der Waals surface area contributed by atoms with Gasteiger partial charge in [-0.25, -0.2) is 0 Å². The number of allylic oxidation sites excluding steroid dienone is 2. The highest BCUT2D eigenvalue weighted by Gasteiger charge is 2.37. The first-order valence-corrected chi connectivity index (χ1v) is 2.82. The van der Waals surface area contributed by atoms with Crippen molar-refractivity contribution in [2.75, 3.05) is 0 Å². The molecule has 0 heteroatoms. The maximum absolute atomic E-state index is 2.28. The highest BCUT2D eigenvalue weighted by atomic mass is 14.4. The van der Waals surface area contributed by atoms with Crippen molar-refractivity contribution in [3.8, 4) is 0 Å². The van der Waals surface area contributed by atoms with Gasteiger partial charge in [0.15, 0.2) is 0 Å². The molecule has 0 bridgehead atoms. The average Bonchev–Trinajstić information content (AvgIpc) is 2.13. The predicted molar refractivity (Wildman–Crippen MR) is 32.2 cm³/mol. The molecule has 0 aromatic heterocycles. The molecule has 0 aromatic carbocycles. The van der Waals surface area contributed by atoms with Crippen molar-refractivity contribution in [3.63, 3.8) is 0 Å². The van der Waals surface area contributed by atoms with Crippen molar-refractivity contribution < 1.29 is 0 Å². The summed E-state index contributed by atoms with van der Waals surface area (Å²) in [6, 6.07) is 0. The van der Waals surface area contributed by atoms with Gasteiger partial charge in [0.25, 0.3) is 0 Å². The molecule has 1 fully saturated rings. The molecule has 1 aliphatic carbocycles. The van der Waals surface area contributed by atoms with E-state index in [4.69, 9.17) is 0 Å². The smallest absolute Gasteiger partial charge is 0.0107 e. The third-order valence-corrected chi connectivity index (χ3v) is 1.73. The average molecular weight is 96.2 g/mol. The van der Waals surface area contributed by atoms with Crippen LogP contribution < -0.4 is 0 Å². The van der Waals surface area contributed by atoms with Crippen LogP contribution in [0.5, 0.6) is 0 Å². The first-order valence-electron chi connectivity index (χ1n) is 2.82. The Morgan fingerprint density at radius 3 is 2.00 bits per heavy atom. The van der Waals surface area contributed by atoms with Gasteiger partial charge in [0.05, 0.1) is 0 Å². The molecular weight excluding hydrogens is 84.1 g/mol. The van der Waals surface area contributed by atoms with E-state index in [1.807, 2.05) is 0 Å². The van der Waals surface area contributed by atoms with E-state index in [0.717, 1.165) is 0 Å². The first-order chi connectivity index (χ1) is 3.17. The molecule has 0 spiro atoms. The fraction of sp³-hybridized carbons (Fsp3) is 0.714. The van der Waals surface area contributed by atoms with E-state index in [1.54, 1.807) is 5.57 Å². The number of hydrogen-bond acceptors (Lipinski definition) is 0. The molecule has 1 rings (SSSR count). The van der Waals surface area contributed by atoms with Crippen LogP contribution in [0.2, 0.25) is 0 Å². The molecule has 7 heavy (non-hydrogen) atoms. The standard InChI is InChI=1S/C7H12/c1-4-6-5-7(6,2)3/h4H,5H2,1-3H3. The molecule has 0 radical (unpaired) electrons. The quantitative estimate of drug-likeness (QED) is 0.406. The summed E-state index contributed by atoms with van der Waals surface area (Å²) in [5.74, 6) is 0. The van der Waals surface area contributed by atoms with Gasteiger partial charge in [-0.2, -0.15) is 0 Å². The summed E-state index contributed by atoms with van der Waals surface area (Å²) in [4.78, 5) is 0. The van der Waals surface area contributed by atoms with E-state index in [1.165, 1.54) is 6.42 Å². The Morgan fingerprint density at radius 2 is 2.00 bits per heavy atom. The molecule has 0 saturated heterocycles. The normalized spacial score (nSPS) is 31.0. The van der Waals surface area contributed by atoms with Crippen LogP contribution in [0.3, 0.4) is 0 Å². The van der Waals surface area contributed by atoms with Gasteiger partial charge in [0.1, 0.15) is 0 Å². The van der Waals surface area contributed by atoms with Gasteiger partial charge in [0.2, 0.25) is 0 Å². The van der Waals surface area contributed by atoms with Gasteiger partial charge >= 0.3 is 0 Å². The van der Waals surface area contributed by atoms with Crippen LogP contribution in [0.25, 0.3) is 0 Å². The Morgan fingerprint density at radius 1 is 1.57 bits per heavy atom. The van der Waals surface area contributed by atoms with Crippen LogP contribution in [0, 0.1) is 5.41 Å². The molecule has 0 aliphatic heterocycles. The summed E-state index contributed by atoms with van der Waals surface area (Å²) >= 11 is 0. The van der Waals surface area contributed by atoms with Crippen LogP contribution in [0.15, 0.2) is 11.6 Å². The van der Waals surface area contributed by atoms with Gasteiger partial charge in [-0.05, 0) is 18.8 Å². The monoisotopic (exact) mass is 96.1 g/mol. The number of hydrogen-bond donors (Lipinski definition) is 0. The van der Waals surface area contributed by atoms with Gasteiger partial charge in [-0.3, -0.25) is 0 Å². The Kier molecular flexibility index (Phi) is 0.781.